The van der Waals surface area contributed by atoms with Crippen LogP contribution >= 0.6 is 0 Å². The number of ether oxygens (including phenoxy) is 1. The largest absolute Gasteiger partial charge is 0.478 e. The summed E-state index contributed by atoms with van der Waals surface area (Å²) in [6.45, 7) is 7.61. The predicted molar refractivity (Wildman–Crippen MR) is 77.1 cm³/mol. The number of nitrogens with one attached hydrogen (secondary N) is 1. The third-order valence-electron chi connectivity index (χ3n) is 2.62. The van der Waals surface area contributed by atoms with E-state index in [-0.39, 0.29) is 17.2 Å². The highest BCUT2D eigenvalue weighted by Gasteiger charge is 2.22. The van der Waals surface area contributed by atoms with Crippen LogP contribution in [0, 0.1) is 5.82 Å². The first-order valence-corrected chi connectivity index (χ1v) is 6.70. The number of rotatable bonds is 5. The van der Waals surface area contributed by atoms with Crippen LogP contribution in [0.25, 0.3) is 0 Å². The maximum Gasteiger partial charge on any atom is 0.261 e. The average molecular weight is 282 g/mol. The summed E-state index contributed by atoms with van der Waals surface area (Å²) in [4.78, 5) is 12.0. The van der Waals surface area contributed by atoms with E-state index in [1.807, 2.05) is 20.8 Å². The summed E-state index contributed by atoms with van der Waals surface area (Å²) >= 11 is 0. The minimum absolute atomic E-state index is 0.106. The van der Waals surface area contributed by atoms with Crippen LogP contribution in [0.4, 0.5) is 4.39 Å². The second kappa shape index (κ2) is 6.70. The molecule has 0 radical (unpaired) electrons. The number of amides is 1. The third-order valence-corrected chi connectivity index (χ3v) is 2.62. The smallest absolute Gasteiger partial charge is 0.261 e. The van der Waals surface area contributed by atoms with Crippen molar-refractivity contribution in [1.82, 2.24) is 5.32 Å². The maximum absolute atomic E-state index is 13.8. The Labute approximate surface area is 119 Å². The highest BCUT2D eigenvalue weighted by molar-refractivity contribution is 5.81. The van der Waals surface area contributed by atoms with Crippen LogP contribution in [0.5, 0.6) is 5.75 Å². The van der Waals surface area contributed by atoms with Crippen molar-refractivity contribution in [2.75, 3.05) is 6.54 Å². The lowest BCUT2D eigenvalue weighted by atomic mass is 10.1. The van der Waals surface area contributed by atoms with E-state index in [4.69, 9.17) is 10.5 Å². The van der Waals surface area contributed by atoms with Gasteiger partial charge in [0.05, 0.1) is 0 Å². The lowest BCUT2D eigenvalue weighted by molar-refractivity contribution is -0.128. The van der Waals surface area contributed by atoms with Gasteiger partial charge in [-0.3, -0.25) is 4.79 Å². The molecule has 0 saturated heterocycles. The number of halogens is 1. The van der Waals surface area contributed by atoms with Gasteiger partial charge in [0.15, 0.2) is 17.7 Å². The zero-order valence-electron chi connectivity index (χ0n) is 12.5. The number of carbonyl (C=O) groups excluding carboxylic acids is 1. The summed E-state index contributed by atoms with van der Waals surface area (Å²) in [6.07, 6.45) is -0.275. The van der Waals surface area contributed by atoms with Gasteiger partial charge in [0, 0.05) is 5.54 Å². The van der Waals surface area contributed by atoms with Gasteiger partial charge in [0.25, 0.3) is 5.91 Å². The first-order chi connectivity index (χ1) is 9.24. The van der Waals surface area contributed by atoms with E-state index in [0.29, 0.717) is 18.5 Å². The summed E-state index contributed by atoms with van der Waals surface area (Å²) in [6, 6.07) is 4.66. The first-order valence-electron chi connectivity index (χ1n) is 6.70. The fourth-order valence-electron chi connectivity index (χ4n) is 1.74. The molecule has 1 unspecified atom stereocenters. The average Bonchev–Trinajstić information content (AvgIpc) is 2.31. The predicted octanol–water partition coefficient (Wildman–Crippen LogP) is 2.01. The lowest BCUT2D eigenvalue weighted by Gasteiger charge is -2.24. The first kappa shape index (κ1) is 16.4. The minimum Gasteiger partial charge on any atom is -0.478 e. The van der Waals surface area contributed by atoms with Crippen LogP contribution in [0.3, 0.4) is 0 Å². The SMILES string of the molecule is CC(Oc1c(F)cccc1CCN)C(=O)NC(C)(C)C. The highest BCUT2D eigenvalue weighted by atomic mass is 19.1. The molecule has 0 aliphatic rings. The number of benzene rings is 1. The molecule has 1 aromatic rings. The second-order valence-electron chi connectivity index (χ2n) is 5.77. The van der Waals surface area contributed by atoms with E-state index < -0.39 is 11.9 Å². The van der Waals surface area contributed by atoms with E-state index in [0.717, 1.165) is 0 Å². The molecule has 4 nitrogen and oxygen atoms in total. The van der Waals surface area contributed by atoms with Crippen molar-refractivity contribution in [3.63, 3.8) is 0 Å². The number of hydrogen-bond donors (Lipinski definition) is 2. The van der Waals surface area contributed by atoms with E-state index in [1.54, 1.807) is 19.1 Å². The van der Waals surface area contributed by atoms with Crippen LogP contribution in [0.1, 0.15) is 33.3 Å². The van der Waals surface area contributed by atoms with Crippen LogP contribution in [-0.2, 0) is 11.2 Å². The quantitative estimate of drug-likeness (QED) is 0.868. The molecule has 1 amide bonds. The standard InChI is InChI=1S/C15H23FN2O2/c1-10(14(19)18-15(2,3)4)20-13-11(8-9-17)6-5-7-12(13)16/h5-7,10H,8-9,17H2,1-4H3,(H,18,19). The summed E-state index contributed by atoms with van der Waals surface area (Å²) in [5.74, 6) is -0.652. The van der Waals surface area contributed by atoms with Crippen LogP contribution in [-0.4, -0.2) is 24.1 Å². The molecule has 0 heterocycles. The minimum atomic E-state index is -0.775. The van der Waals surface area contributed by atoms with Crippen molar-refractivity contribution in [2.24, 2.45) is 5.73 Å². The van der Waals surface area contributed by atoms with Crippen molar-refractivity contribution in [2.45, 2.75) is 45.8 Å². The maximum atomic E-state index is 13.8. The summed E-state index contributed by atoms with van der Waals surface area (Å²) in [7, 11) is 0. The topological polar surface area (TPSA) is 64.3 Å². The van der Waals surface area contributed by atoms with E-state index >= 15 is 0 Å². The lowest BCUT2D eigenvalue weighted by Crippen LogP contribution is -2.46. The molecule has 5 heteroatoms. The molecule has 0 aliphatic carbocycles. The Bertz CT molecular complexity index is 469. The molecule has 3 N–H and O–H groups in total. The van der Waals surface area contributed by atoms with Crippen LogP contribution < -0.4 is 15.8 Å². The normalized spacial score (nSPS) is 12.9. The van der Waals surface area contributed by atoms with E-state index in [1.165, 1.54) is 6.07 Å². The molecular weight excluding hydrogens is 259 g/mol. The van der Waals surface area contributed by atoms with Crippen LogP contribution in [0.15, 0.2) is 18.2 Å². The van der Waals surface area contributed by atoms with Gasteiger partial charge in [-0.2, -0.15) is 0 Å². The zero-order chi connectivity index (χ0) is 15.3. The Hall–Kier alpha value is -1.62. The monoisotopic (exact) mass is 282 g/mol. The number of hydrogen-bond acceptors (Lipinski definition) is 3. The Morgan fingerprint density at radius 2 is 2.10 bits per heavy atom. The molecule has 1 aromatic carbocycles. The Kier molecular flexibility index (Phi) is 5.51. The van der Waals surface area contributed by atoms with E-state index in [9.17, 15) is 9.18 Å². The van der Waals surface area contributed by atoms with Gasteiger partial charge in [0.2, 0.25) is 0 Å². The van der Waals surface area contributed by atoms with Crippen molar-refractivity contribution in [1.29, 1.82) is 0 Å². The van der Waals surface area contributed by atoms with Gasteiger partial charge in [-0.1, -0.05) is 12.1 Å². The molecule has 0 aromatic heterocycles. The second-order valence-corrected chi connectivity index (χ2v) is 5.77. The van der Waals surface area contributed by atoms with Crippen LogP contribution in [0.2, 0.25) is 0 Å². The summed E-state index contributed by atoms with van der Waals surface area (Å²) in [5.41, 5.74) is 5.81. The third kappa shape index (κ3) is 4.81. The highest BCUT2D eigenvalue weighted by Crippen LogP contribution is 2.24. The molecule has 0 saturated carbocycles. The molecule has 0 bridgehead atoms. The molecule has 112 valence electrons. The Morgan fingerprint density at radius 1 is 1.45 bits per heavy atom. The number of carbonyl (C=O) groups is 1. The molecule has 20 heavy (non-hydrogen) atoms. The molecule has 1 rings (SSSR count). The molecular formula is C15H23FN2O2. The van der Waals surface area contributed by atoms with Crippen molar-refractivity contribution in [3.05, 3.63) is 29.6 Å². The number of para-hydroxylation sites is 1. The van der Waals surface area contributed by atoms with Gasteiger partial charge in [0.1, 0.15) is 0 Å². The number of nitrogens with two attached hydrogens (primary N) is 1. The summed E-state index contributed by atoms with van der Waals surface area (Å²) < 4.78 is 19.3. The zero-order valence-corrected chi connectivity index (χ0v) is 12.5. The molecule has 0 spiro atoms. The van der Waals surface area contributed by atoms with Gasteiger partial charge >= 0.3 is 0 Å². The fourth-order valence-corrected chi connectivity index (χ4v) is 1.74. The van der Waals surface area contributed by atoms with Crippen molar-refractivity contribution in [3.8, 4) is 5.75 Å². The Morgan fingerprint density at radius 3 is 2.65 bits per heavy atom. The molecule has 0 aliphatic heterocycles. The van der Waals surface area contributed by atoms with Crippen molar-refractivity contribution >= 4 is 5.91 Å². The molecule has 1 atom stereocenters. The van der Waals surface area contributed by atoms with Gasteiger partial charge in [-0.25, -0.2) is 4.39 Å². The van der Waals surface area contributed by atoms with Gasteiger partial charge in [-0.05, 0) is 52.3 Å². The van der Waals surface area contributed by atoms with E-state index in [2.05, 4.69) is 5.32 Å². The van der Waals surface area contributed by atoms with Gasteiger partial charge in [-0.15, -0.1) is 0 Å². The van der Waals surface area contributed by atoms with Crippen molar-refractivity contribution < 1.29 is 13.9 Å². The summed E-state index contributed by atoms with van der Waals surface area (Å²) in [5, 5.41) is 2.80. The molecule has 0 fully saturated rings. The fraction of sp³-hybridized carbons (Fsp3) is 0.533. The van der Waals surface area contributed by atoms with Gasteiger partial charge < -0.3 is 15.8 Å². The Balaban J connectivity index is 2.84.